The van der Waals surface area contributed by atoms with Crippen molar-refractivity contribution in [1.82, 2.24) is 28.2 Å². The molecule has 6 aromatic heterocycles. The van der Waals surface area contributed by atoms with Crippen LogP contribution in [0.1, 0.15) is 33.5 Å². The van der Waals surface area contributed by atoms with Gasteiger partial charge in [0.25, 0.3) is 0 Å². The quantitative estimate of drug-likeness (QED) is 0.121. The molecule has 26 aromatic rings. The molecular weight excluding hydrogens is 1740 g/mol. The molecule has 0 radical (unpaired) electrons. The van der Waals surface area contributed by atoms with Gasteiger partial charge in [-0.25, -0.2) is 0 Å². The lowest BCUT2D eigenvalue weighted by Gasteiger charge is -2.31. The van der Waals surface area contributed by atoms with Gasteiger partial charge in [-0.3, -0.25) is 9.97 Å². The van der Waals surface area contributed by atoms with Crippen LogP contribution in [-0.4, -0.2) is 36.3 Å². The van der Waals surface area contributed by atoms with Crippen LogP contribution in [0.15, 0.2) is 474 Å². The van der Waals surface area contributed by atoms with Crippen molar-refractivity contribution in [3.63, 3.8) is 0 Å². The SMILES string of the molecule is N#Cc1cc(-n2c3ccccc3c3cc(-c4ccccc4)ccc32)c(-c2cccc3c2[Si]2(c4ccccc4-c4cnccc42)c2ccccc2-3)c(-n2c3ccccc3c3cc(-c4cccc(-c5cccc6c5-c5ccccc5C65c6ccccc6-c6cc(-c7cc(-n8c9ccccc9c9cc(-c%10ccccc%10)ccc98)c(C#N)c(-n8c9ccccc9c9cc(-c%10ccccc%10)ccc98)c7)cnc65)c4)ccc32)c1. The molecule has 0 N–H and O–H groups in total. The highest BCUT2D eigenvalue weighted by Crippen LogP contribution is 2.64. The highest BCUT2D eigenvalue weighted by molar-refractivity contribution is 7.25. The van der Waals surface area contributed by atoms with Crippen LogP contribution in [0.5, 0.6) is 0 Å². The van der Waals surface area contributed by atoms with Crippen molar-refractivity contribution in [3.8, 4) is 157 Å². The van der Waals surface area contributed by atoms with Gasteiger partial charge in [-0.2, -0.15) is 10.5 Å². The zero-order valence-corrected chi connectivity index (χ0v) is 77.6. The predicted octanol–water partition coefficient (Wildman–Crippen LogP) is 30.0. The summed E-state index contributed by atoms with van der Waals surface area (Å²) in [5, 5.41) is 38.3. The minimum Gasteiger partial charge on any atom is -0.308 e. The summed E-state index contributed by atoms with van der Waals surface area (Å²) < 4.78 is 9.58. The van der Waals surface area contributed by atoms with Crippen molar-refractivity contribution < 1.29 is 0 Å². The number of hydrogen-bond acceptors (Lipinski definition) is 4. The van der Waals surface area contributed by atoms with Crippen LogP contribution in [0, 0.1) is 22.7 Å². The van der Waals surface area contributed by atoms with Gasteiger partial charge in [0.15, 0.2) is 8.07 Å². The molecule has 8 nitrogen and oxygen atoms in total. The summed E-state index contributed by atoms with van der Waals surface area (Å²) in [4.78, 5) is 10.8. The Morgan fingerprint density at radius 1 is 0.225 bits per heavy atom. The maximum absolute atomic E-state index is 12.2. The maximum atomic E-state index is 12.2. The molecule has 0 bridgehead atoms. The van der Waals surface area contributed by atoms with Crippen LogP contribution in [0.2, 0.25) is 0 Å². The zero-order chi connectivity index (χ0) is 93.3. The van der Waals surface area contributed by atoms with Crippen LogP contribution in [0.4, 0.5) is 0 Å². The van der Waals surface area contributed by atoms with E-state index in [1.54, 1.807) is 0 Å². The van der Waals surface area contributed by atoms with E-state index in [-0.39, 0.29) is 0 Å². The number of rotatable bonds is 11. The van der Waals surface area contributed by atoms with Crippen LogP contribution in [0.3, 0.4) is 0 Å². The zero-order valence-electron chi connectivity index (χ0n) is 76.6. The average Bonchev–Trinajstić information content (AvgIpc) is 1.50. The Morgan fingerprint density at radius 3 is 1.13 bits per heavy atom. The van der Waals surface area contributed by atoms with Gasteiger partial charge in [-0.05, 0) is 253 Å². The number of benzene rings is 20. The summed E-state index contributed by atoms with van der Waals surface area (Å²) in [6, 6.07) is 173. The summed E-state index contributed by atoms with van der Waals surface area (Å²) in [7, 11) is -3.21. The number of nitrogens with zero attached hydrogens (tertiary/aromatic N) is 8. The van der Waals surface area contributed by atoms with Crippen LogP contribution in [0.25, 0.3) is 232 Å². The molecule has 9 heteroatoms. The first-order chi connectivity index (χ1) is 70.4. The summed E-state index contributed by atoms with van der Waals surface area (Å²) in [5.41, 5.74) is 40.9. The first-order valence-corrected chi connectivity index (χ1v) is 50.6. The highest BCUT2D eigenvalue weighted by Gasteiger charge is 2.57. The van der Waals surface area contributed by atoms with E-state index >= 15 is 0 Å². The largest absolute Gasteiger partial charge is 0.308 e. The van der Waals surface area contributed by atoms with Crippen molar-refractivity contribution in [1.29, 1.82) is 10.5 Å². The van der Waals surface area contributed by atoms with Crippen molar-refractivity contribution in [3.05, 3.63) is 507 Å². The lowest BCUT2D eigenvalue weighted by atomic mass is 9.72. The van der Waals surface area contributed by atoms with Gasteiger partial charge in [-0.15, -0.1) is 0 Å². The predicted molar refractivity (Wildman–Crippen MR) is 585 cm³/mol. The fraction of sp³-hybridized carbons (Fsp3) is 0.00752. The van der Waals surface area contributed by atoms with Crippen LogP contribution >= 0.6 is 0 Å². The molecule has 2 spiro atoms. The lowest BCUT2D eigenvalue weighted by Crippen LogP contribution is -2.71. The average molecular weight is 1820 g/mol. The second-order valence-electron chi connectivity index (χ2n) is 38.2. The second-order valence-corrected chi connectivity index (χ2v) is 41.8. The van der Waals surface area contributed by atoms with E-state index in [2.05, 4.69) is 498 Å². The van der Waals surface area contributed by atoms with Gasteiger partial charge in [-0.1, -0.05) is 340 Å². The second kappa shape index (κ2) is 30.3. The number of nitriles is 2. The molecule has 2 aliphatic carbocycles. The fourth-order valence-electron chi connectivity index (χ4n) is 25.6. The van der Waals surface area contributed by atoms with E-state index in [4.69, 9.17) is 9.97 Å². The van der Waals surface area contributed by atoms with Crippen molar-refractivity contribution in [2.24, 2.45) is 0 Å². The summed E-state index contributed by atoms with van der Waals surface area (Å²) in [5.74, 6) is 0. The molecule has 0 amide bonds. The van der Waals surface area contributed by atoms with Gasteiger partial charge in [0.1, 0.15) is 11.6 Å². The number of hydrogen-bond donors (Lipinski definition) is 0. The third-order valence-electron chi connectivity index (χ3n) is 31.4. The number of aromatic nitrogens is 6. The molecular formula is C133H78N8Si. The van der Waals surface area contributed by atoms with Crippen molar-refractivity contribution in [2.75, 3.05) is 0 Å². The number of pyridine rings is 2. The standard InChI is InChI=1S/C133H78N8Si/c134-77-81-67-124(140-116-53-22-14-40-97(116)106-72-88(59-63-120(106)140)84-33-8-3-9-34-84)130(103-47-27-46-101-99-42-16-24-55-126(99)142(131(101)103)127-56-25-17-43-100(127)110-80-136-66-65-128(110)142)125(68-81)141-117-54-23-15-41-98(117)107-73-89(60-64-121(107)141)85-35-26-36-90(69-85)93-45-28-50-113-129(93)102-44-11-19-49-112(102)133(113)111-48-18-10-37-94(111)108-74-92(79-137-132(108)133)91-75-122(138-114-51-20-12-38-95(114)104-70-86(57-61-118(104)138)82-29-4-1-5-30-82)109(78-135)123(76-91)139-115-52-21-13-39-96(115)105-71-87(58-62-119(105)139)83-31-6-2-7-32-83/h1-76,79-80H. The van der Waals surface area contributed by atoms with Gasteiger partial charge in [0.05, 0.1) is 89.6 Å². The van der Waals surface area contributed by atoms with E-state index in [1.807, 2.05) is 6.20 Å². The fourth-order valence-corrected chi connectivity index (χ4v) is 31.4. The molecule has 2 unspecified atom stereocenters. The molecule has 654 valence electrons. The normalized spacial score (nSPS) is 14.4. The molecule has 0 fully saturated rings. The first-order valence-electron chi connectivity index (χ1n) is 48.6. The molecule has 0 saturated carbocycles. The van der Waals surface area contributed by atoms with E-state index < -0.39 is 13.5 Å². The maximum Gasteiger partial charge on any atom is 0.182 e. The van der Waals surface area contributed by atoms with Crippen LogP contribution < -0.4 is 20.7 Å². The Kier molecular flexibility index (Phi) is 16.9. The minimum atomic E-state index is -3.21. The molecule has 30 rings (SSSR count). The lowest BCUT2D eigenvalue weighted by molar-refractivity contribution is 0.761. The van der Waals surface area contributed by atoms with Crippen LogP contribution in [-0.2, 0) is 5.41 Å². The Balaban J connectivity index is 0.589. The first kappa shape index (κ1) is 79.3. The van der Waals surface area contributed by atoms with E-state index in [0.29, 0.717) is 11.1 Å². The van der Waals surface area contributed by atoms with E-state index in [9.17, 15) is 10.5 Å². The Hall–Kier alpha value is -18.9. The molecule has 2 atom stereocenters. The minimum absolute atomic E-state index is 0.547. The molecule has 2 aliphatic heterocycles. The molecule has 20 aromatic carbocycles. The van der Waals surface area contributed by atoms with E-state index in [0.717, 1.165) is 205 Å². The third-order valence-corrected chi connectivity index (χ3v) is 36.4. The molecule has 0 saturated heterocycles. The van der Waals surface area contributed by atoms with Gasteiger partial charge >= 0.3 is 0 Å². The topological polar surface area (TPSA) is 93.1 Å². The molecule has 8 heterocycles. The van der Waals surface area contributed by atoms with Crippen molar-refractivity contribution >= 4 is 116 Å². The third kappa shape index (κ3) is 11.0. The van der Waals surface area contributed by atoms with Gasteiger partial charge < -0.3 is 18.3 Å². The van der Waals surface area contributed by atoms with Gasteiger partial charge in [0, 0.05) is 83.9 Å². The number of para-hydroxylation sites is 4. The summed E-state index contributed by atoms with van der Waals surface area (Å²) >= 11 is 0. The Labute approximate surface area is 818 Å². The summed E-state index contributed by atoms with van der Waals surface area (Å²) in [6.07, 6.45) is 6.20. The summed E-state index contributed by atoms with van der Waals surface area (Å²) in [6.45, 7) is 0. The molecule has 142 heavy (non-hydrogen) atoms. The smallest absolute Gasteiger partial charge is 0.182 e. The number of fused-ring (bicyclic) bond motifs is 32. The van der Waals surface area contributed by atoms with Crippen molar-refractivity contribution in [2.45, 2.75) is 5.41 Å². The Bertz CT molecular complexity index is 9870. The van der Waals surface area contributed by atoms with E-state index in [1.165, 1.54) is 70.8 Å². The highest BCUT2D eigenvalue weighted by atomic mass is 28.3. The monoisotopic (exact) mass is 1810 g/mol. The Morgan fingerprint density at radius 2 is 0.606 bits per heavy atom. The molecule has 4 aliphatic rings. The van der Waals surface area contributed by atoms with Gasteiger partial charge in [0.2, 0.25) is 0 Å².